The number of aryl methyl sites for hydroxylation is 2. The fourth-order valence-corrected chi connectivity index (χ4v) is 5.94. The van der Waals surface area contributed by atoms with Crippen molar-refractivity contribution in [2.75, 3.05) is 6.54 Å². The van der Waals surface area contributed by atoms with Gasteiger partial charge in [-0.1, -0.05) is 69.5 Å². The Labute approximate surface area is 204 Å². The first-order valence-corrected chi connectivity index (χ1v) is 12.5. The summed E-state index contributed by atoms with van der Waals surface area (Å²) in [6.45, 7) is 16.0. The minimum absolute atomic E-state index is 0.336. The molecule has 172 valence electrons. The second-order valence-corrected chi connectivity index (χ2v) is 10.2. The van der Waals surface area contributed by atoms with E-state index < -0.39 is 0 Å². The molecule has 2 atom stereocenters. The van der Waals surface area contributed by atoms with Gasteiger partial charge in [-0.2, -0.15) is 4.57 Å². The number of hydrogen-bond acceptors (Lipinski definition) is 1. The summed E-state index contributed by atoms with van der Waals surface area (Å²) in [5.41, 5.74) is 11.7. The molecule has 0 aliphatic carbocycles. The first-order chi connectivity index (χ1) is 16.5. The number of benzene rings is 2. The number of pyridine rings is 1. The third-order valence-corrected chi connectivity index (χ3v) is 7.63. The van der Waals surface area contributed by atoms with Gasteiger partial charge in [0.2, 0.25) is 5.69 Å². The number of fused-ring (bicyclic) bond motifs is 7. The predicted molar refractivity (Wildman–Crippen MR) is 143 cm³/mol. The number of rotatable bonds is 2. The number of allylic oxidation sites excluding steroid dienone is 1. The van der Waals surface area contributed by atoms with Gasteiger partial charge in [-0.3, -0.25) is 4.99 Å². The molecule has 34 heavy (non-hydrogen) atoms. The zero-order chi connectivity index (χ0) is 23.8. The van der Waals surface area contributed by atoms with E-state index in [9.17, 15) is 0 Å². The van der Waals surface area contributed by atoms with Crippen LogP contribution in [-0.4, -0.2) is 12.3 Å². The highest BCUT2D eigenvalue weighted by atomic mass is 15.0. The van der Waals surface area contributed by atoms with Crippen LogP contribution in [0.15, 0.2) is 90.6 Å². The Hall–Kier alpha value is -3.26. The van der Waals surface area contributed by atoms with Crippen LogP contribution in [0.1, 0.15) is 72.4 Å². The van der Waals surface area contributed by atoms with Crippen molar-refractivity contribution in [2.24, 2.45) is 4.99 Å². The first kappa shape index (κ1) is 22.5. The van der Waals surface area contributed by atoms with E-state index in [1.54, 1.807) is 0 Å². The largest absolute Gasteiger partial charge is 0.280 e. The number of aromatic nitrogens is 1. The SMILES string of the molecule is C=CC1=NCC(=C)CC2C(CCc3ccccc31)c1ccccc1-c1cc(C)c(C(C)C)c[n+]12. The lowest BCUT2D eigenvalue weighted by Crippen LogP contribution is -2.48. The van der Waals surface area contributed by atoms with E-state index >= 15 is 0 Å². The van der Waals surface area contributed by atoms with Gasteiger partial charge in [0.25, 0.3) is 0 Å². The standard InChI is InChI=1S/C32H35N2/c1-6-30-25-12-8-7-11-24(25)15-16-28-26-13-9-10-14-27(26)32-18-23(5)29(21(2)3)20-34(32)31(28)17-22(4)19-33-30/h6-14,18,20-21,28,31H,1,4,15-17,19H2,2-3,5H3/q+1. The van der Waals surface area contributed by atoms with Gasteiger partial charge in [-0.15, -0.1) is 0 Å². The third-order valence-electron chi connectivity index (χ3n) is 7.63. The van der Waals surface area contributed by atoms with E-state index in [0.717, 1.165) is 25.0 Å². The molecule has 1 aromatic heterocycles. The number of hydrogen-bond donors (Lipinski definition) is 0. The summed E-state index contributed by atoms with van der Waals surface area (Å²) >= 11 is 0. The van der Waals surface area contributed by atoms with Gasteiger partial charge in [-0.05, 0) is 60.1 Å². The molecule has 2 nitrogen and oxygen atoms in total. The molecule has 0 saturated carbocycles. The number of aliphatic imine (C=N–C) groups is 1. The van der Waals surface area contributed by atoms with Gasteiger partial charge in [0.1, 0.15) is 0 Å². The molecule has 0 N–H and O–H groups in total. The summed E-state index contributed by atoms with van der Waals surface area (Å²) in [4.78, 5) is 4.95. The lowest BCUT2D eigenvalue weighted by molar-refractivity contribution is -0.718. The van der Waals surface area contributed by atoms with E-state index in [1.807, 2.05) is 6.08 Å². The third kappa shape index (κ3) is 3.96. The topological polar surface area (TPSA) is 16.2 Å². The first-order valence-electron chi connectivity index (χ1n) is 12.5. The van der Waals surface area contributed by atoms with Crippen molar-refractivity contribution in [3.8, 4) is 11.3 Å². The van der Waals surface area contributed by atoms with E-state index in [0.29, 0.717) is 24.4 Å². The summed E-state index contributed by atoms with van der Waals surface area (Å²) in [6, 6.07) is 20.5. The molecule has 2 aliphatic heterocycles. The summed E-state index contributed by atoms with van der Waals surface area (Å²) < 4.78 is 2.57. The lowest BCUT2D eigenvalue weighted by Gasteiger charge is -2.32. The molecule has 2 heteroatoms. The van der Waals surface area contributed by atoms with Crippen LogP contribution in [0.5, 0.6) is 0 Å². The van der Waals surface area contributed by atoms with Crippen LogP contribution in [-0.2, 0) is 6.42 Å². The summed E-state index contributed by atoms with van der Waals surface area (Å²) in [5, 5.41) is 0. The van der Waals surface area contributed by atoms with Crippen molar-refractivity contribution >= 4 is 5.71 Å². The van der Waals surface area contributed by atoms with Gasteiger partial charge >= 0.3 is 0 Å². The molecular weight excluding hydrogens is 412 g/mol. The monoisotopic (exact) mass is 447 g/mol. The van der Waals surface area contributed by atoms with Gasteiger partial charge in [0, 0.05) is 35.1 Å². The summed E-state index contributed by atoms with van der Waals surface area (Å²) in [7, 11) is 0. The smallest absolute Gasteiger partial charge is 0.213 e. The molecule has 3 heterocycles. The highest BCUT2D eigenvalue weighted by molar-refractivity contribution is 6.09. The van der Waals surface area contributed by atoms with Gasteiger partial charge in [0.15, 0.2) is 12.2 Å². The zero-order valence-corrected chi connectivity index (χ0v) is 20.7. The second-order valence-electron chi connectivity index (χ2n) is 10.2. The lowest BCUT2D eigenvalue weighted by atomic mass is 9.77. The number of nitrogens with zero attached hydrogens (tertiary/aromatic N) is 2. The Morgan fingerprint density at radius 1 is 1.06 bits per heavy atom. The molecule has 3 aromatic rings. The van der Waals surface area contributed by atoms with Crippen LogP contribution >= 0.6 is 0 Å². The molecule has 2 aliphatic rings. The molecule has 5 rings (SSSR count). The molecule has 0 radical (unpaired) electrons. The van der Waals surface area contributed by atoms with Crippen molar-refractivity contribution in [1.82, 2.24) is 0 Å². The zero-order valence-electron chi connectivity index (χ0n) is 20.7. The second kappa shape index (κ2) is 9.18. The molecule has 0 spiro atoms. The highest BCUT2D eigenvalue weighted by Gasteiger charge is 2.40. The van der Waals surface area contributed by atoms with Crippen LogP contribution in [0.3, 0.4) is 0 Å². The Morgan fingerprint density at radius 2 is 1.79 bits per heavy atom. The maximum Gasteiger partial charge on any atom is 0.213 e. The van der Waals surface area contributed by atoms with Crippen LogP contribution in [0.2, 0.25) is 0 Å². The van der Waals surface area contributed by atoms with Gasteiger partial charge in [-0.25, -0.2) is 0 Å². The molecule has 0 fully saturated rings. The van der Waals surface area contributed by atoms with Crippen LogP contribution in [0.4, 0.5) is 0 Å². The molecule has 0 amide bonds. The Morgan fingerprint density at radius 3 is 2.56 bits per heavy atom. The fourth-order valence-electron chi connectivity index (χ4n) is 5.94. The molecule has 2 unspecified atom stereocenters. The molecule has 0 bridgehead atoms. The van der Waals surface area contributed by atoms with E-state index in [1.165, 1.54) is 44.6 Å². The Kier molecular flexibility index (Phi) is 6.08. The Bertz CT molecular complexity index is 1290. The van der Waals surface area contributed by atoms with Crippen molar-refractivity contribution in [3.63, 3.8) is 0 Å². The molecular formula is C32H35N2+. The normalized spacial score (nSPS) is 19.8. The van der Waals surface area contributed by atoms with Crippen LogP contribution in [0, 0.1) is 6.92 Å². The van der Waals surface area contributed by atoms with E-state index in [4.69, 9.17) is 4.99 Å². The highest BCUT2D eigenvalue weighted by Crippen LogP contribution is 2.44. The quantitative estimate of drug-likeness (QED) is 0.290. The maximum absolute atomic E-state index is 4.95. The van der Waals surface area contributed by atoms with Crippen LogP contribution < -0.4 is 4.57 Å². The minimum atomic E-state index is 0.336. The fraction of sp³-hybridized carbons (Fsp3) is 0.312. The molecule has 0 saturated heterocycles. The Balaban J connectivity index is 1.69. The average molecular weight is 448 g/mol. The van der Waals surface area contributed by atoms with E-state index in [2.05, 4.69) is 99.3 Å². The van der Waals surface area contributed by atoms with Crippen LogP contribution in [0.25, 0.3) is 11.3 Å². The summed E-state index contributed by atoms with van der Waals surface area (Å²) in [6.07, 6.45) is 7.37. The van der Waals surface area contributed by atoms with Crippen molar-refractivity contribution in [1.29, 1.82) is 0 Å². The van der Waals surface area contributed by atoms with Gasteiger partial charge < -0.3 is 0 Å². The van der Waals surface area contributed by atoms with Crippen molar-refractivity contribution in [3.05, 3.63) is 113 Å². The van der Waals surface area contributed by atoms with E-state index in [-0.39, 0.29) is 0 Å². The average Bonchev–Trinajstić information content (AvgIpc) is 2.86. The maximum atomic E-state index is 4.95. The van der Waals surface area contributed by atoms with Gasteiger partial charge in [0.05, 0.1) is 12.3 Å². The van der Waals surface area contributed by atoms with Crippen molar-refractivity contribution in [2.45, 2.75) is 57.9 Å². The van der Waals surface area contributed by atoms with Crippen molar-refractivity contribution < 1.29 is 4.57 Å². The minimum Gasteiger partial charge on any atom is -0.280 e. The summed E-state index contributed by atoms with van der Waals surface area (Å²) in [5.74, 6) is 0.914. The molecule has 2 aromatic carbocycles. The predicted octanol–water partition coefficient (Wildman–Crippen LogP) is 7.28.